The summed E-state index contributed by atoms with van der Waals surface area (Å²) in [6.45, 7) is 0. The first-order chi connectivity index (χ1) is 7.74. The minimum absolute atomic E-state index is 0.399. The molecule has 0 aliphatic heterocycles. The number of thioether (sulfide) groups is 1. The average Bonchev–Trinajstić information content (AvgIpc) is 2.73. The summed E-state index contributed by atoms with van der Waals surface area (Å²) in [5.41, 5.74) is 6.60. The summed E-state index contributed by atoms with van der Waals surface area (Å²) in [6.07, 6.45) is 3.41. The lowest BCUT2D eigenvalue weighted by atomic mass is 10.3. The van der Waals surface area contributed by atoms with Crippen molar-refractivity contribution in [2.24, 2.45) is 5.73 Å². The molecular weight excluding hydrogens is 222 g/mol. The zero-order valence-corrected chi connectivity index (χ0v) is 9.57. The fourth-order valence-corrected chi connectivity index (χ4v) is 2.02. The van der Waals surface area contributed by atoms with Crippen LogP contribution >= 0.6 is 11.8 Å². The van der Waals surface area contributed by atoms with Crippen LogP contribution in [0.5, 0.6) is 0 Å². The largest absolute Gasteiger partial charge is 0.364 e. The minimum atomic E-state index is -0.475. The normalized spacial score (nSPS) is 10.3. The van der Waals surface area contributed by atoms with Crippen LogP contribution in [0.3, 0.4) is 0 Å². The van der Waals surface area contributed by atoms with Crippen molar-refractivity contribution in [3.05, 3.63) is 42.2 Å². The molecule has 1 aromatic carbocycles. The molecule has 2 N–H and O–H groups in total. The standard InChI is InChI=1S/C11H11N3OS/c1-16-11-13-7-9(10(12)15)14(11)8-5-3-2-4-6-8/h2-7H,1H3,(H2,12,15). The molecule has 2 aromatic rings. The quantitative estimate of drug-likeness (QED) is 0.821. The molecule has 0 spiro atoms. The molecule has 0 atom stereocenters. The zero-order valence-electron chi connectivity index (χ0n) is 8.75. The first-order valence-corrected chi connectivity index (χ1v) is 5.93. The number of carbonyl (C=O) groups excluding carboxylic acids is 1. The first kappa shape index (κ1) is 10.8. The van der Waals surface area contributed by atoms with Gasteiger partial charge in [0, 0.05) is 5.69 Å². The second kappa shape index (κ2) is 4.40. The van der Waals surface area contributed by atoms with Gasteiger partial charge in [-0.3, -0.25) is 9.36 Å². The highest BCUT2D eigenvalue weighted by Gasteiger charge is 2.14. The smallest absolute Gasteiger partial charge is 0.267 e. The van der Waals surface area contributed by atoms with Gasteiger partial charge in [0.2, 0.25) is 0 Å². The van der Waals surface area contributed by atoms with Crippen molar-refractivity contribution in [3.63, 3.8) is 0 Å². The molecular formula is C11H11N3OS. The number of amides is 1. The van der Waals surface area contributed by atoms with Crippen molar-refractivity contribution in [2.75, 3.05) is 6.26 Å². The molecule has 1 heterocycles. The van der Waals surface area contributed by atoms with Crippen LogP contribution in [0.1, 0.15) is 10.5 Å². The SMILES string of the molecule is CSc1ncc(C(N)=O)n1-c1ccccc1. The third kappa shape index (κ3) is 1.81. The Balaban J connectivity index is 2.62. The van der Waals surface area contributed by atoms with Crippen LogP contribution in [-0.2, 0) is 0 Å². The lowest BCUT2D eigenvalue weighted by Gasteiger charge is -2.08. The van der Waals surface area contributed by atoms with Gasteiger partial charge in [-0.15, -0.1) is 0 Å². The van der Waals surface area contributed by atoms with E-state index in [1.54, 1.807) is 4.57 Å². The Morgan fingerprint density at radius 2 is 2.06 bits per heavy atom. The summed E-state index contributed by atoms with van der Waals surface area (Å²) in [6, 6.07) is 9.55. The van der Waals surface area contributed by atoms with E-state index in [1.165, 1.54) is 18.0 Å². The number of rotatable bonds is 3. The van der Waals surface area contributed by atoms with Gasteiger partial charge in [-0.2, -0.15) is 0 Å². The summed E-state index contributed by atoms with van der Waals surface area (Å²) >= 11 is 1.47. The van der Waals surface area contributed by atoms with Crippen LogP contribution in [0.25, 0.3) is 5.69 Å². The van der Waals surface area contributed by atoms with Gasteiger partial charge in [0.1, 0.15) is 5.69 Å². The number of primary amides is 1. The van der Waals surface area contributed by atoms with Gasteiger partial charge in [-0.05, 0) is 18.4 Å². The van der Waals surface area contributed by atoms with Gasteiger partial charge in [-0.1, -0.05) is 30.0 Å². The molecule has 2 rings (SSSR count). The maximum absolute atomic E-state index is 11.3. The summed E-state index contributed by atoms with van der Waals surface area (Å²) < 4.78 is 1.76. The number of nitrogens with zero attached hydrogens (tertiary/aromatic N) is 2. The fourth-order valence-electron chi connectivity index (χ4n) is 1.48. The number of imidazole rings is 1. The highest BCUT2D eigenvalue weighted by Crippen LogP contribution is 2.20. The van der Waals surface area contributed by atoms with E-state index in [-0.39, 0.29) is 0 Å². The number of nitrogens with two attached hydrogens (primary N) is 1. The molecule has 0 saturated carbocycles. The third-order valence-electron chi connectivity index (χ3n) is 2.18. The Morgan fingerprint density at radius 3 is 2.62 bits per heavy atom. The Labute approximate surface area is 97.5 Å². The van der Waals surface area contributed by atoms with Crippen LogP contribution in [0.4, 0.5) is 0 Å². The summed E-state index contributed by atoms with van der Waals surface area (Å²) in [4.78, 5) is 15.4. The Hall–Kier alpha value is -1.75. The second-order valence-corrected chi connectivity index (χ2v) is 3.94. The van der Waals surface area contributed by atoms with Gasteiger partial charge in [-0.25, -0.2) is 4.98 Å². The number of aromatic nitrogens is 2. The summed E-state index contributed by atoms with van der Waals surface area (Å²) in [5.74, 6) is -0.475. The van der Waals surface area contributed by atoms with E-state index in [9.17, 15) is 4.79 Å². The van der Waals surface area contributed by atoms with Crippen LogP contribution in [0.15, 0.2) is 41.7 Å². The van der Waals surface area contributed by atoms with Crippen molar-refractivity contribution in [1.29, 1.82) is 0 Å². The average molecular weight is 233 g/mol. The molecule has 5 heteroatoms. The number of hydrogen-bond donors (Lipinski definition) is 1. The van der Waals surface area contributed by atoms with E-state index >= 15 is 0 Å². The zero-order chi connectivity index (χ0) is 11.5. The highest BCUT2D eigenvalue weighted by atomic mass is 32.2. The number of para-hydroxylation sites is 1. The highest BCUT2D eigenvalue weighted by molar-refractivity contribution is 7.98. The molecule has 82 valence electrons. The second-order valence-electron chi connectivity index (χ2n) is 3.17. The van der Waals surface area contributed by atoms with Crippen LogP contribution in [-0.4, -0.2) is 21.7 Å². The molecule has 16 heavy (non-hydrogen) atoms. The van der Waals surface area contributed by atoms with E-state index in [4.69, 9.17) is 5.73 Å². The molecule has 0 aliphatic carbocycles. The minimum Gasteiger partial charge on any atom is -0.364 e. The van der Waals surface area contributed by atoms with E-state index in [2.05, 4.69) is 4.98 Å². The topological polar surface area (TPSA) is 60.9 Å². The van der Waals surface area contributed by atoms with Crippen LogP contribution in [0.2, 0.25) is 0 Å². The van der Waals surface area contributed by atoms with Crippen molar-refractivity contribution >= 4 is 17.7 Å². The van der Waals surface area contributed by atoms with Crippen molar-refractivity contribution in [1.82, 2.24) is 9.55 Å². The molecule has 1 aromatic heterocycles. The van der Waals surface area contributed by atoms with E-state index in [0.717, 1.165) is 10.8 Å². The Morgan fingerprint density at radius 1 is 1.38 bits per heavy atom. The van der Waals surface area contributed by atoms with Gasteiger partial charge in [0.05, 0.1) is 6.20 Å². The molecule has 4 nitrogen and oxygen atoms in total. The Bertz CT molecular complexity index is 507. The van der Waals surface area contributed by atoms with Crippen molar-refractivity contribution in [2.45, 2.75) is 5.16 Å². The lowest BCUT2D eigenvalue weighted by molar-refractivity contribution is 0.0993. The molecule has 0 fully saturated rings. The predicted molar refractivity (Wildman–Crippen MR) is 63.9 cm³/mol. The molecule has 0 radical (unpaired) electrons. The third-order valence-corrected chi connectivity index (χ3v) is 2.83. The maximum Gasteiger partial charge on any atom is 0.267 e. The van der Waals surface area contributed by atoms with E-state index in [1.807, 2.05) is 36.6 Å². The number of carbonyl (C=O) groups is 1. The molecule has 0 unspecified atom stereocenters. The molecule has 0 bridgehead atoms. The van der Waals surface area contributed by atoms with Crippen LogP contribution in [0, 0.1) is 0 Å². The van der Waals surface area contributed by atoms with Crippen molar-refractivity contribution in [3.8, 4) is 5.69 Å². The van der Waals surface area contributed by atoms with Gasteiger partial charge < -0.3 is 5.73 Å². The molecule has 1 amide bonds. The molecule has 0 aliphatic rings. The lowest BCUT2D eigenvalue weighted by Crippen LogP contribution is -2.16. The van der Waals surface area contributed by atoms with Crippen molar-refractivity contribution < 1.29 is 4.79 Å². The summed E-state index contributed by atoms with van der Waals surface area (Å²) in [7, 11) is 0. The van der Waals surface area contributed by atoms with Gasteiger partial charge >= 0.3 is 0 Å². The first-order valence-electron chi connectivity index (χ1n) is 4.71. The number of hydrogen-bond acceptors (Lipinski definition) is 3. The maximum atomic E-state index is 11.3. The van der Waals surface area contributed by atoms with Crippen LogP contribution < -0.4 is 5.73 Å². The summed E-state index contributed by atoms with van der Waals surface area (Å²) in [5, 5.41) is 0.750. The van der Waals surface area contributed by atoms with E-state index < -0.39 is 5.91 Å². The predicted octanol–water partition coefficient (Wildman–Crippen LogP) is 1.69. The van der Waals surface area contributed by atoms with E-state index in [0.29, 0.717) is 5.69 Å². The number of benzene rings is 1. The Kier molecular flexibility index (Phi) is 2.96. The van der Waals surface area contributed by atoms with Gasteiger partial charge in [0.25, 0.3) is 5.91 Å². The molecule has 0 saturated heterocycles. The van der Waals surface area contributed by atoms with Gasteiger partial charge in [0.15, 0.2) is 5.16 Å². The fraction of sp³-hybridized carbons (Fsp3) is 0.0909. The monoisotopic (exact) mass is 233 g/mol.